The van der Waals surface area contributed by atoms with E-state index in [4.69, 9.17) is 5.11 Å². The topological polar surface area (TPSA) is 98.3 Å². The monoisotopic (exact) mass is 268 g/mol. The number of rotatable bonds is 7. The van der Waals surface area contributed by atoms with E-state index in [1.807, 2.05) is 6.92 Å². The minimum atomic E-state index is -1.00. The van der Waals surface area contributed by atoms with Crippen LogP contribution in [0.25, 0.3) is 0 Å². The Balaban J connectivity index is 2.48. The van der Waals surface area contributed by atoms with Crippen molar-refractivity contribution in [1.29, 1.82) is 0 Å². The normalized spacial score (nSPS) is 11.9. The van der Waals surface area contributed by atoms with Gasteiger partial charge in [0.2, 0.25) is 0 Å². The second-order valence-electron chi connectivity index (χ2n) is 4.45. The number of urea groups is 1. The third-order valence-corrected chi connectivity index (χ3v) is 2.76. The summed E-state index contributed by atoms with van der Waals surface area (Å²) >= 11 is 0. The highest BCUT2D eigenvalue weighted by Crippen LogP contribution is 2.04. The molecule has 1 atom stereocenters. The van der Waals surface area contributed by atoms with E-state index < -0.39 is 18.0 Å². The Morgan fingerprint density at radius 1 is 1.58 bits per heavy atom. The number of hydrogen-bond donors (Lipinski definition) is 3. The molecule has 3 N–H and O–H groups in total. The van der Waals surface area contributed by atoms with E-state index >= 15 is 0 Å². The number of aromatic amines is 1. The van der Waals surface area contributed by atoms with Gasteiger partial charge in [-0.3, -0.25) is 5.10 Å². The zero-order chi connectivity index (χ0) is 14.3. The number of nitrogens with one attached hydrogen (secondary N) is 2. The third kappa shape index (κ3) is 4.99. The minimum absolute atomic E-state index is 0.377. The van der Waals surface area contributed by atoms with Gasteiger partial charge in [-0.2, -0.15) is 5.10 Å². The summed E-state index contributed by atoms with van der Waals surface area (Å²) in [6, 6.07) is -1.23. The molecule has 7 nitrogen and oxygen atoms in total. The van der Waals surface area contributed by atoms with Crippen LogP contribution in [0.3, 0.4) is 0 Å². The van der Waals surface area contributed by atoms with E-state index in [0.717, 1.165) is 18.4 Å². The summed E-state index contributed by atoms with van der Waals surface area (Å²) in [4.78, 5) is 24.3. The van der Waals surface area contributed by atoms with Crippen molar-refractivity contribution in [1.82, 2.24) is 20.4 Å². The first-order chi connectivity index (χ1) is 9.04. The number of carbonyl (C=O) groups is 2. The van der Waals surface area contributed by atoms with Gasteiger partial charge in [-0.25, -0.2) is 9.59 Å². The van der Waals surface area contributed by atoms with Gasteiger partial charge in [0.1, 0.15) is 6.04 Å². The van der Waals surface area contributed by atoms with Crippen molar-refractivity contribution in [3.63, 3.8) is 0 Å². The summed E-state index contributed by atoms with van der Waals surface area (Å²) in [7, 11) is 1.61. The Morgan fingerprint density at radius 3 is 2.84 bits per heavy atom. The van der Waals surface area contributed by atoms with Crippen LogP contribution in [0.5, 0.6) is 0 Å². The number of nitrogens with zero attached hydrogens (tertiary/aromatic N) is 2. The average Bonchev–Trinajstić information content (AvgIpc) is 2.86. The van der Waals surface area contributed by atoms with Gasteiger partial charge in [0.25, 0.3) is 0 Å². The van der Waals surface area contributed by atoms with Crippen LogP contribution in [0.1, 0.15) is 31.7 Å². The number of hydrogen-bond acceptors (Lipinski definition) is 3. The first kappa shape index (κ1) is 15.0. The van der Waals surface area contributed by atoms with Crippen molar-refractivity contribution in [3.8, 4) is 0 Å². The molecule has 0 fully saturated rings. The standard InChI is InChI=1S/C12H20N4O3/c1-3-4-5-10(11(17)18)15-12(19)16(2)8-9-6-13-14-7-9/h6-7,10H,3-5,8H2,1-2H3,(H,13,14)(H,15,19)(H,17,18). The first-order valence-electron chi connectivity index (χ1n) is 6.26. The van der Waals surface area contributed by atoms with E-state index in [0.29, 0.717) is 13.0 Å². The molecule has 7 heteroatoms. The SMILES string of the molecule is CCCCC(NC(=O)N(C)Cc1cn[nH]c1)C(=O)O. The lowest BCUT2D eigenvalue weighted by molar-refractivity contribution is -0.139. The molecule has 1 rings (SSSR count). The van der Waals surface area contributed by atoms with Crippen LogP contribution in [-0.4, -0.2) is 45.3 Å². The van der Waals surface area contributed by atoms with Gasteiger partial charge in [0, 0.05) is 18.8 Å². The number of aliphatic carboxylic acids is 1. The van der Waals surface area contributed by atoms with Crippen LogP contribution >= 0.6 is 0 Å². The number of amides is 2. The summed E-state index contributed by atoms with van der Waals surface area (Å²) in [6.07, 6.45) is 5.41. The van der Waals surface area contributed by atoms with Crippen LogP contribution in [0.2, 0.25) is 0 Å². The highest BCUT2D eigenvalue weighted by molar-refractivity contribution is 5.82. The van der Waals surface area contributed by atoms with Gasteiger partial charge in [-0.05, 0) is 6.42 Å². The lowest BCUT2D eigenvalue weighted by Gasteiger charge is -2.20. The fraction of sp³-hybridized carbons (Fsp3) is 0.583. The smallest absolute Gasteiger partial charge is 0.326 e. The Labute approximate surface area is 112 Å². The second-order valence-corrected chi connectivity index (χ2v) is 4.45. The maximum atomic E-state index is 11.9. The number of unbranched alkanes of at least 4 members (excludes halogenated alkanes) is 1. The van der Waals surface area contributed by atoms with Crippen LogP contribution < -0.4 is 5.32 Å². The molecule has 0 radical (unpaired) electrons. The van der Waals surface area contributed by atoms with E-state index in [2.05, 4.69) is 15.5 Å². The summed E-state index contributed by atoms with van der Waals surface area (Å²) in [6.45, 7) is 2.36. The predicted octanol–water partition coefficient (Wildman–Crippen LogP) is 1.19. The Hall–Kier alpha value is -2.05. The van der Waals surface area contributed by atoms with Gasteiger partial charge in [0.05, 0.1) is 12.7 Å². The Kier molecular flexibility index (Phi) is 5.84. The van der Waals surface area contributed by atoms with E-state index in [1.165, 1.54) is 4.90 Å². The van der Waals surface area contributed by atoms with E-state index in [-0.39, 0.29) is 0 Å². The molecule has 0 aliphatic carbocycles. The zero-order valence-electron chi connectivity index (χ0n) is 11.2. The Bertz CT molecular complexity index is 405. The van der Waals surface area contributed by atoms with Gasteiger partial charge >= 0.3 is 12.0 Å². The molecule has 19 heavy (non-hydrogen) atoms. The number of H-pyrrole nitrogens is 1. The molecule has 0 saturated carbocycles. The van der Waals surface area contributed by atoms with Gasteiger partial charge < -0.3 is 15.3 Å². The molecule has 106 valence electrons. The summed E-state index contributed by atoms with van der Waals surface area (Å²) in [5.74, 6) is -1.00. The van der Waals surface area contributed by atoms with Crippen molar-refractivity contribution in [2.75, 3.05) is 7.05 Å². The van der Waals surface area contributed by atoms with Gasteiger partial charge in [0.15, 0.2) is 0 Å². The molecular weight excluding hydrogens is 248 g/mol. The lowest BCUT2D eigenvalue weighted by Crippen LogP contribution is -2.46. The van der Waals surface area contributed by atoms with Crippen LogP contribution in [0, 0.1) is 0 Å². The largest absolute Gasteiger partial charge is 0.480 e. The van der Waals surface area contributed by atoms with Crippen LogP contribution in [0.15, 0.2) is 12.4 Å². The third-order valence-electron chi connectivity index (χ3n) is 2.76. The molecule has 0 aliphatic heterocycles. The quantitative estimate of drug-likeness (QED) is 0.692. The molecule has 1 aromatic heterocycles. The fourth-order valence-electron chi connectivity index (χ4n) is 1.63. The number of carboxylic acids is 1. The van der Waals surface area contributed by atoms with Crippen LogP contribution in [0.4, 0.5) is 4.79 Å². The molecule has 0 spiro atoms. The molecule has 1 aromatic rings. The van der Waals surface area contributed by atoms with Crippen molar-refractivity contribution in [3.05, 3.63) is 18.0 Å². The summed E-state index contributed by atoms with van der Waals surface area (Å²) in [5.41, 5.74) is 0.859. The van der Waals surface area contributed by atoms with Crippen molar-refractivity contribution < 1.29 is 14.7 Å². The number of carbonyl (C=O) groups excluding carboxylic acids is 1. The second kappa shape index (κ2) is 7.40. The molecule has 0 bridgehead atoms. The molecule has 2 amide bonds. The van der Waals surface area contributed by atoms with Crippen molar-refractivity contribution in [2.45, 2.75) is 38.8 Å². The van der Waals surface area contributed by atoms with Crippen LogP contribution in [-0.2, 0) is 11.3 Å². The highest BCUT2D eigenvalue weighted by atomic mass is 16.4. The molecule has 1 unspecified atom stereocenters. The molecule has 0 saturated heterocycles. The van der Waals surface area contributed by atoms with Crippen molar-refractivity contribution in [2.24, 2.45) is 0 Å². The fourth-order valence-corrected chi connectivity index (χ4v) is 1.63. The Morgan fingerprint density at radius 2 is 2.32 bits per heavy atom. The maximum absolute atomic E-state index is 11.9. The average molecular weight is 268 g/mol. The number of carboxylic acid groups (broad SMARTS) is 1. The lowest BCUT2D eigenvalue weighted by atomic mass is 10.1. The zero-order valence-corrected chi connectivity index (χ0v) is 11.2. The number of aromatic nitrogens is 2. The summed E-state index contributed by atoms with van der Waals surface area (Å²) < 4.78 is 0. The highest BCUT2D eigenvalue weighted by Gasteiger charge is 2.21. The molecule has 0 aliphatic rings. The molecular formula is C12H20N4O3. The van der Waals surface area contributed by atoms with Gasteiger partial charge in [-0.1, -0.05) is 19.8 Å². The van der Waals surface area contributed by atoms with Gasteiger partial charge in [-0.15, -0.1) is 0 Å². The van der Waals surface area contributed by atoms with Crippen molar-refractivity contribution >= 4 is 12.0 Å². The molecule has 1 heterocycles. The first-order valence-corrected chi connectivity index (χ1v) is 6.26. The van der Waals surface area contributed by atoms with E-state index in [9.17, 15) is 9.59 Å². The summed E-state index contributed by atoms with van der Waals surface area (Å²) in [5, 5.41) is 18.0. The van der Waals surface area contributed by atoms with E-state index in [1.54, 1.807) is 19.4 Å². The molecule has 0 aromatic carbocycles. The minimum Gasteiger partial charge on any atom is -0.480 e. The maximum Gasteiger partial charge on any atom is 0.326 e. The predicted molar refractivity (Wildman–Crippen MR) is 69.5 cm³/mol.